The molecule has 0 spiro atoms. The molecule has 0 atom stereocenters. The molecule has 1 heterocycles. The topological polar surface area (TPSA) is 34.9 Å². The lowest BCUT2D eigenvalue weighted by molar-refractivity contribution is 0.112. The second-order valence-electron chi connectivity index (χ2n) is 4.21. The van der Waals surface area contributed by atoms with E-state index >= 15 is 0 Å². The van der Waals surface area contributed by atoms with Crippen LogP contribution in [0.2, 0.25) is 5.02 Å². The molecular formula is C14H15ClN2O. The Labute approximate surface area is 111 Å². The zero-order valence-corrected chi connectivity index (χ0v) is 11.5. The summed E-state index contributed by atoms with van der Waals surface area (Å²) in [7, 11) is 0. The van der Waals surface area contributed by atoms with Crippen molar-refractivity contribution in [2.75, 3.05) is 0 Å². The molecule has 0 aliphatic rings. The minimum atomic E-state index is 0.624. The van der Waals surface area contributed by atoms with Gasteiger partial charge in [-0.15, -0.1) is 0 Å². The molecule has 1 aromatic carbocycles. The van der Waals surface area contributed by atoms with Gasteiger partial charge in [0, 0.05) is 28.4 Å². The van der Waals surface area contributed by atoms with Crippen LogP contribution in [-0.2, 0) is 6.54 Å². The summed E-state index contributed by atoms with van der Waals surface area (Å²) in [6.07, 6.45) is 0.855. The summed E-state index contributed by atoms with van der Waals surface area (Å²) >= 11 is 6.03. The van der Waals surface area contributed by atoms with Crippen LogP contribution in [-0.4, -0.2) is 16.1 Å². The van der Waals surface area contributed by atoms with Crippen molar-refractivity contribution in [2.45, 2.75) is 27.3 Å². The number of aromatic nitrogens is 2. The van der Waals surface area contributed by atoms with Crippen LogP contribution in [0, 0.1) is 13.8 Å². The molecule has 0 amide bonds. The number of carbonyl (C=O) groups excluding carboxylic acids is 1. The molecule has 0 unspecified atom stereocenters. The van der Waals surface area contributed by atoms with Crippen LogP contribution < -0.4 is 0 Å². The van der Waals surface area contributed by atoms with Gasteiger partial charge >= 0.3 is 0 Å². The molecule has 4 heteroatoms. The predicted molar refractivity (Wildman–Crippen MR) is 73.2 cm³/mol. The van der Waals surface area contributed by atoms with Crippen molar-refractivity contribution in [1.29, 1.82) is 0 Å². The second-order valence-corrected chi connectivity index (χ2v) is 4.65. The number of rotatable bonds is 3. The van der Waals surface area contributed by atoms with Crippen molar-refractivity contribution in [2.24, 2.45) is 0 Å². The van der Waals surface area contributed by atoms with Gasteiger partial charge in [-0.1, -0.05) is 11.6 Å². The molecule has 0 aliphatic heterocycles. The number of aryl methyl sites for hydroxylation is 2. The van der Waals surface area contributed by atoms with E-state index in [0.29, 0.717) is 10.6 Å². The molecule has 2 rings (SSSR count). The van der Waals surface area contributed by atoms with Crippen molar-refractivity contribution >= 4 is 17.9 Å². The quantitative estimate of drug-likeness (QED) is 0.792. The van der Waals surface area contributed by atoms with E-state index in [9.17, 15) is 4.79 Å². The van der Waals surface area contributed by atoms with Gasteiger partial charge in [-0.25, -0.2) is 0 Å². The molecule has 1 aromatic heterocycles. The molecule has 0 N–H and O–H groups in total. The maximum absolute atomic E-state index is 11.1. The summed E-state index contributed by atoms with van der Waals surface area (Å²) in [5.41, 5.74) is 4.47. The molecule has 18 heavy (non-hydrogen) atoms. The third-order valence-electron chi connectivity index (χ3n) is 3.09. The van der Waals surface area contributed by atoms with Gasteiger partial charge in [-0.2, -0.15) is 5.10 Å². The predicted octanol–water partition coefficient (Wildman–Crippen LogP) is 3.65. The number of aldehydes is 1. The van der Waals surface area contributed by atoms with E-state index < -0.39 is 0 Å². The SMILES string of the molecule is CCn1nc(C)c(-c2cc(Cl)ccc2C=O)c1C. The fraction of sp³-hybridized carbons (Fsp3) is 0.286. The summed E-state index contributed by atoms with van der Waals surface area (Å²) in [5, 5.41) is 5.09. The van der Waals surface area contributed by atoms with Crippen LogP contribution in [0.1, 0.15) is 28.7 Å². The van der Waals surface area contributed by atoms with E-state index in [2.05, 4.69) is 5.10 Å². The van der Waals surface area contributed by atoms with Crippen molar-refractivity contribution in [3.63, 3.8) is 0 Å². The Morgan fingerprint density at radius 3 is 2.67 bits per heavy atom. The van der Waals surface area contributed by atoms with Gasteiger partial charge < -0.3 is 0 Å². The third-order valence-corrected chi connectivity index (χ3v) is 3.33. The first-order valence-corrected chi connectivity index (χ1v) is 6.25. The Hall–Kier alpha value is -1.61. The minimum absolute atomic E-state index is 0.624. The highest BCUT2D eigenvalue weighted by molar-refractivity contribution is 6.31. The maximum Gasteiger partial charge on any atom is 0.150 e. The van der Waals surface area contributed by atoms with Gasteiger partial charge in [0.1, 0.15) is 0 Å². The molecule has 94 valence electrons. The normalized spacial score (nSPS) is 10.7. The summed E-state index contributed by atoms with van der Waals surface area (Å²) < 4.78 is 1.93. The average Bonchev–Trinajstić information content (AvgIpc) is 2.64. The van der Waals surface area contributed by atoms with E-state index in [0.717, 1.165) is 35.3 Å². The van der Waals surface area contributed by atoms with E-state index in [-0.39, 0.29) is 0 Å². The molecule has 3 nitrogen and oxygen atoms in total. The molecule has 2 aromatic rings. The standard InChI is InChI=1S/C14H15ClN2O/c1-4-17-10(3)14(9(2)16-17)13-7-12(15)6-5-11(13)8-18/h5-8H,4H2,1-3H3. The van der Waals surface area contributed by atoms with Gasteiger partial charge in [0.25, 0.3) is 0 Å². The van der Waals surface area contributed by atoms with E-state index in [1.807, 2.05) is 31.5 Å². The fourth-order valence-electron chi connectivity index (χ4n) is 2.24. The fourth-order valence-corrected chi connectivity index (χ4v) is 2.41. The first-order chi connectivity index (χ1) is 8.58. The highest BCUT2D eigenvalue weighted by Crippen LogP contribution is 2.31. The minimum Gasteiger partial charge on any atom is -0.298 e. The summed E-state index contributed by atoms with van der Waals surface area (Å²) in [4.78, 5) is 11.1. The third kappa shape index (κ3) is 2.06. The Morgan fingerprint density at radius 2 is 2.11 bits per heavy atom. The Morgan fingerprint density at radius 1 is 1.39 bits per heavy atom. The highest BCUT2D eigenvalue weighted by Gasteiger charge is 2.15. The molecule has 0 saturated carbocycles. The number of hydrogen-bond donors (Lipinski definition) is 0. The molecule has 0 saturated heterocycles. The monoisotopic (exact) mass is 262 g/mol. The first-order valence-electron chi connectivity index (χ1n) is 5.87. The first kappa shape index (κ1) is 12.8. The van der Waals surface area contributed by atoms with Crippen molar-refractivity contribution in [3.05, 3.63) is 40.2 Å². The van der Waals surface area contributed by atoms with Gasteiger partial charge in [0.2, 0.25) is 0 Å². The number of hydrogen-bond acceptors (Lipinski definition) is 2. The number of benzene rings is 1. The Kier molecular flexibility index (Phi) is 3.53. The average molecular weight is 263 g/mol. The lowest BCUT2D eigenvalue weighted by atomic mass is 9.99. The molecule has 0 fully saturated rings. The summed E-state index contributed by atoms with van der Waals surface area (Å²) in [6.45, 7) is 6.81. The molecule has 0 bridgehead atoms. The Bertz CT molecular complexity index is 602. The lowest BCUT2D eigenvalue weighted by Crippen LogP contribution is -1.99. The van der Waals surface area contributed by atoms with Gasteiger partial charge in [0.05, 0.1) is 5.69 Å². The second kappa shape index (κ2) is 4.94. The van der Waals surface area contributed by atoms with Crippen molar-refractivity contribution in [1.82, 2.24) is 9.78 Å². The molecule has 0 radical (unpaired) electrons. The van der Waals surface area contributed by atoms with Crippen LogP contribution in [0.25, 0.3) is 11.1 Å². The molecule has 0 aliphatic carbocycles. The van der Waals surface area contributed by atoms with E-state index in [1.165, 1.54) is 0 Å². The number of halogens is 1. The largest absolute Gasteiger partial charge is 0.298 e. The maximum atomic E-state index is 11.1. The zero-order valence-electron chi connectivity index (χ0n) is 10.7. The van der Waals surface area contributed by atoms with E-state index in [4.69, 9.17) is 11.6 Å². The molecular weight excluding hydrogens is 248 g/mol. The smallest absolute Gasteiger partial charge is 0.150 e. The number of nitrogens with zero attached hydrogens (tertiary/aromatic N) is 2. The van der Waals surface area contributed by atoms with Crippen LogP contribution in [0.4, 0.5) is 0 Å². The van der Waals surface area contributed by atoms with Crippen LogP contribution >= 0.6 is 11.6 Å². The Balaban J connectivity index is 2.72. The van der Waals surface area contributed by atoms with Crippen molar-refractivity contribution in [3.8, 4) is 11.1 Å². The number of carbonyl (C=O) groups is 1. The van der Waals surface area contributed by atoms with Gasteiger partial charge in [-0.05, 0) is 44.5 Å². The van der Waals surface area contributed by atoms with Crippen LogP contribution in [0.15, 0.2) is 18.2 Å². The van der Waals surface area contributed by atoms with Crippen molar-refractivity contribution < 1.29 is 4.79 Å². The van der Waals surface area contributed by atoms with Gasteiger partial charge in [0.15, 0.2) is 6.29 Å². The summed E-state index contributed by atoms with van der Waals surface area (Å²) in [6, 6.07) is 5.29. The van der Waals surface area contributed by atoms with Crippen LogP contribution in [0.3, 0.4) is 0 Å². The van der Waals surface area contributed by atoms with Crippen LogP contribution in [0.5, 0.6) is 0 Å². The summed E-state index contributed by atoms with van der Waals surface area (Å²) in [5.74, 6) is 0. The van der Waals surface area contributed by atoms with E-state index in [1.54, 1.807) is 12.1 Å². The zero-order chi connectivity index (χ0) is 13.3. The lowest BCUT2D eigenvalue weighted by Gasteiger charge is -2.07. The highest BCUT2D eigenvalue weighted by atomic mass is 35.5. The van der Waals surface area contributed by atoms with Gasteiger partial charge in [-0.3, -0.25) is 9.48 Å².